The van der Waals surface area contributed by atoms with E-state index in [1.54, 1.807) is 0 Å². The Bertz CT molecular complexity index is 345. The number of benzene rings is 1. The molecule has 16 heavy (non-hydrogen) atoms. The number of hydrogen-bond acceptors (Lipinski definition) is 2. The van der Waals surface area contributed by atoms with Gasteiger partial charge in [0.25, 0.3) is 0 Å². The summed E-state index contributed by atoms with van der Waals surface area (Å²) >= 11 is 1.81. The molecule has 1 rings (SSSR count). The summed E-state index contributed by atoms with van der Waals surface area (Å²) in [5.41, 5.74) is 1.22. The topological polar surface area (TPSA) is 17.1 Å². The van der Waals surface area contributed by atoms with Crippen molar-refractivity contribution in [2.45, 2.75) is 19.1 Å². The van der Waals surface area contributed by atoms with Crippen molar-refractivity contribution in [3.63, 3.8) is 0 Å². The van der Waals surface area contributed by atoms with Gasteiger partial charge in [0.05, 0.1) is 0 Å². The molecule has 0 saturated heterocycles. The monoisotopic (exact) mass is 234 g/mol. The molecule has 1 aromatic rings. The van der Waals surface area contributed by atoms with Crippen LogP contribution in [0.3, 0.4) is 0 Å². The maximum Gasteiger partial charge on any atom is 0.159 e. The normalized spacial score (nSPS) is 14.1. The highest BCUT2D eigenvalue weighted by molar-refractivity contribution is 7.99. The first kappa shape index (κ1) is 13.0. The summed E-state index contributed by atoms with van der Waals surface area (Å²) in [7, 11) is 0. The van der Waals surface area contributed by atoms with Crippen molar-refractivity contribution >= 4 is 17.5 Å². The quantitative estimate of drug-likeness (QED) is 0.695. The van der Waals surface area contributed by atoms with Crippen molar-refractivity contribution in [1.82, 2.24) is 0 Å². The molecule has 0 bridgehead atoms. The van der Waals surface area contributed by atoms with Gasteiger partial charge in [0, 0.05) is 11.2 Å². The average Bonchev–Trinajstić information content (AvgIpc) is 2.35. The lowest BCUT2D eigenvalue weighted by molar-refractivity contribution is -0.117. The van der Waals surface area contributed by atoms with Gasteiger partial charge in [0.2, 0.25) is 0 Å². The molecule has 0 heterocycles. The van der Waals surface area contributed by atoms with Crippen molar-refractivity contribution in [2.24, 2.45) is 5.92 Å². The highest BCUT2D eigenvalue weighted by Gasteiger charge is 2.23. The van der Waals surface area contributed by atoms with E-state index in [1.165, 1.54) is 11.6 Å². The first-order chi connectivity index (χ1) is 7.70. The Kier molecular flexibility index (Phi) is 5.33. The minimum absolute atomic E-state index is 0.00940. The third-order valence-corrected chi connectivity index (χ3v) is 3.95. The van der Waals surface area contributed by atoms with Gasteiger partial charge in [-0.05, 0) is 17.4 Å². The van der Waals surface area contributed by atoms with Crippen LogP contribution in [0.5, 0.6) is 0 Å². The van der Waals surface area contributed by atoms with Crippen LogP contribution in [-0.4, -0.2) is 11.5 Å². The summed E-state index contributed by atoms with van der Waals surface area (Å²) in [6, 6.07) is 10.2. The Morgan fingerprint density at radius 2 is 2.06 bits per heavy atom. The van der Waals surface area contributed by atoms with Gasteiger partial charge in [-0.25, -0.2) is 0 Å². The average molecular weight is 234 g/mol. The van der Waals surface area contributed by atoms with Crippen LogP contribution in [-0.2, 0) is 4.79 Å². The molecule has 0 amide bonds. The summed E-state index contributed by atoms with van der Waals surface area (Å²) in [6.07, 6.45) is 1.43. The lowest BCUT2D eigenvalue weighted by Gasteiger charge is -2.21. The van der Waals surface area contributed by atoms with E-state index in [0.29, 0.717) is 0 Å². The summed E-state index contributed by atoms with van der Waals surface area (Å²) in [6.45, 7) is 7.65. The van der Waals surface area contributed by atoms with Crippen molar-refractivity contribution in [2.75, 3.05) is 5.75 Å². The Balaban J connectivity index is 2.91. The molecule has 0 spiro atoms. The first-order valence-corrected chi connectivity index (χ1v) is 6.58. The molecule has 0 N–H and O–H groups in total. The van der Waals surface area contributed by atoms with Gasteiger partial charge in [-0.1, -0.05) is 50.8 Å². The van der Waals surface area contributed by atoms with E-state index in [0.717, 1.165) is 5.75 Å². The maximum absolute atomic E-state index is 11.7. The minimum Gasteiger partial charge on any atom is -0.295 e. The maximum atomic E-state index is 11.7. The summed E-state index contributed by atoms with van der Waals surface area (Å²) in [4.78, 5) is 11.7. The van der Waals surface area contributed by atoms with Gasteiger partial charge in [-0.15, -0.1) is 0 Å². The fourth-order valence-electron chi connectivity index (χ4n) is 1.69. The largest absolute Gasteiger partial charge is 0.295 e. The van der Waals surface area contributed by atoms with E-state index in [9.17, 15) is 4.79 Å². The third-order valence-electron chi connectivity index (χ3n) is 2.58. The lowest BCUT2D eigenvalue weighted by Crippen LogP contribution is -2.15. The Morgan fingerprint density at radius 1 is 1.44 bits per heavy atom. The van der Waals surface area contributed by atoms with Gasteiger partial charge >= 0.3 is 0 Å². The summed E-state index contributed by atoms with van der Waals surface area (Å²) in [5, 5.41) is 0.233. The second-order valence-corrected chi connectivity index (χ2v) is 5.10. The first-order valence-electron chi connectivity index (χ1n) is 5.53. The van der Waals surface area contributed by atoms with E-state index in [2.05, 4.69) is 25.6 Å². The molecular weight excluding hydrogens is 216 g/mol. The van der Waals surface area contributed by atoms with E-state index < -0.39 is 0 Å². The van der Waals surface area contributed by atoms with Gasteiger partial charge in [0.15, 0.2) is 5.78 Å². The van der Waals surface area contributed by atoms with Crippen LogP contribution in [0.15, 0.2) is 43.0 Å². The van der Waals surface area contributed by atoms with Crippen LogP contribution in [0.1, 0.15) is 24.7 Å². The molecule has 86 valence electrons. The molecular formula is C14H18OS. The molecule has 0 aliphatic rings. The molecule has 1 nitrogen and oxygen atoms in total. The third kappa shape index (κ3) is 3.24. The number of thioether (sulfide) groups is 1. The van der Waals surface area contributed by atoms with Crippen molar-refractivity contribution in [3.8, 4) is 0 Å². The number of carbonyl (C=O) groups excluding carboxylic acids is 1. The lowest BCUT2D eigenvalue weighted by atomic mass is 9.96. The molecule has 2 heteroatoms. The zero-order valence-electron chi connectivity index (χ0n) is 9.85. The van der Waals surface area contributed by atoms with E-state index >= 15 is 0 Å². The van der Waals surface area contributed by atoms with Crippen LogP contribution in [0, 0.1) is 5.92 Å². The van der Waals surface area contributed by atoms with Crippen LogP contribution in [0.25, 0.3) is 0 Å². The Morgan fingerprint density at radius 3 is 2.56 bits per heavy atom. The molecule has 0 saturated carbocycles. The molecule has 0 aliphatic heterocycles. The molecule has 0 fully saturated rings. The smallest absolute Gasteiger partial charge is 0.159 e. The second kappa shape index (κ2) is 6.54. The van der Waals surface area contributed by atoms with Crippen LogP contribution >= 0.6 is 11.8 Å². The van der Waals surface area contributed by atoms with Crippen molar-refractivity contribution < 1.29 is 4.79 Å². The van der Waals surface area contributed by atoms with Gasteiger partial charge in [0.1, 0.15) is 0 Å². The minimum atomic E-state index is -0.00940. The van der Waals surface area contributed by atoms with Crippen molar-refractivity contribution in [1.29, 1.82) is 0 Å². The van der Waals surface area contributed by atoms with Crippen LogP contribution in [0.2, 0.25) is 0 Å². The van der Waals surface area contributed by atoms with E-state index in [1.807, 2.05) is 36.9 Å². The number of rotatable bonds is 6. The van der Waals surface area contributed by atoms with Gasteiger partial charge < -0.3 is 0 Å². The molecule has 0 aliphatic carbocycles. The molecule has 1 aromatic carbocycles. The van der Waals surface area contributed by atoms with Crippen LogP contribution in [0.4, 0.5) is 0 Å². The fraction of sp³-hybridized carbons (Fsp3) is 0.357. The highest BCUT2D eigenvalue weighted by atomic mass is 32.2. The number of allylic oxidation sites excluding steroid dienone is 1. The van der Waals surface area contributed by atoms with E-state index in [-0.39, 0.29) is 17.0 Å². The molecule has 2 atom stereocenters. The predicted octanol–water partition coefficient (Wildman–Crippen LogP) is 3.87. The SMILES string of the molecule is C=CC(=O)[C@@H](C)[C@@H](SCC)c1ccccc1. The zero-order chi connectivity index (χ0) is 12.0. The fourth-order valence-corrected chi connectivity index (χ4v) is 2.82. The van der Waals surface area contributed by atoms with Crippen molar-refractivity contribution in [3.05, 3.63) is 48.6 Å². The van der Waals surface area contributed by atoms with Gasteiger partial charge in [-0.2, -0.15) is 11.8 Å². The molecule has 0 aromatic heterocycles. The summed E-state index contributed by atoms with van der Waals surface area (Å²) in [5.74, 6) is 1.12. The number of carbonyl (C=O) groups is 1. The Hall–Kier alpha value is -1.02. The second-order valence-electron chi connectivity index (χ2n) is 3.68. The molecule has 0 unspecified atom stereocenters. The van der Waals surface area contributed by atoms with Gasteiger partial charge in [-0.3, -0.25) is 4.79 Å². The number of ketones is 1. The molecule has 0 radical (unpaired) electrons. The highest BCUT2D eigenvalue weighted by Crippen LogP contribution is 2.36. The van der Waals surface area contributed by atoms with Crippen LogP contribution < -0.4 is 0 Å². The predicted molar refractivity (Wildman–Crippen MR) is 71.7 cm³/mol. The van der Waals surface area contributed by atoms with E-state index in [4.69, 9.17) is 0 Å². The number of hydrogen-bond donors (Lipinski definition) is 0. The summed E-state index contributed by atoms with van der Waals surface area (Å²) < 4.78 is 0. The Labute approximate surface area is 102 Å². The zero-order valence-corrected chi connectivity index (χ0v) is 10.7. The standard InChI is InChI=1S/C14H18OS/c1-4-13(15)11(3)14(16-5-2)12-9-7-6-8-10-12/h4,6-11,14H,1,5H2,2-3H3/t11-,14-/m1/s1.